The van der Waals surface area contributed by atoms with Crippen LogP contribution < -0.4 is 0 Å². The van der Waals surface area contributed by atoms with Gasteiger partial charge in [0.25, 0.3) is 11.1 Å². The molecule has 0 aliphatic carbocycles. The topological polar surface area (TPSA) is 62.6 Å². The minimum absolute atomic E-state index is 0.213. The first-order valence-corrected chi connectivity index (χ1v) is 12.4. The molecule has 3 heterocycles. The SMILES string of the molecule is O=C(CN1C(=O)S/C(=C\c2cccn2-c2ccc(I)cc2)C1=O)N1CCc2ccccc2C1. The number of imide groups is 1. The number of nitrogens with zero attached hydrogens (tertiary/aromatic N) is 3. The van der Waals surface area contributed by atoms with Crippen molar-refractivity contribution in [1.82, 2.24) is 14.4 Å². The van der Waals surface area contributed by atoms with Gasteiger partial charge in [0.2, 0.25) is 5.91 Å². The normalized spacial score (nSPS) is 17.1. The van der Waals surface area contributed by atoms with Crippen LogP contribution in [0.15, 0.2) is 71.8 Å². The van der Waals surface area contributed by atoms with Crippen LogP contribution in [0.2, 0.25) is 0 Å². The van der Waals surface area contributed by atoms with Crippen LogP contribution in [0.3, 0.4) is 0 Å². The van der Waals surface area contributed by atoms with Crippen LogP contribution in [-0.2, 0) is 22.6 Å². The average molecular weight is 569 g/mol. The summed E-state index contributed by atoms with van der Waals surface area (Å²) in [5, 5.41) is -0.413. The smallest absolute Gasteiger partial charge is 0.294 e. The molecule has 0 saturated carbocycles. The van der Waals surface area contributed by atoms with Gasteiger partial charge in [-0.25, -0.2) is 0 Å². The van der Waals surface area contributed by atoms with Crippen molar-refractivity contribution < 1.29 is 14.4 Å². The first-order valence-electron chi connectivity index (χ1n) is 10.5. The molecule has 1 saturated heterocycles. The lowest BCUT2D eigenvalue weighted by molar-refractivity contribution is -0.136. The Bertz CT molecular complexity index is 1280. The molecule has 2 aromatic carbocycles. The van der Waals surface area contributed by atoms with Crippen LogP contribution >= 0.6 is 34.4 Å². The summed E-state index contributed by atoms with van der Waals surface area (Å²) in [6.45, 7) is 0.859. The number of hydrogen-bond acceptors (Lipinski definition) is 4. The molecule has 0 bridgehead atoms. The molecule has 6 nitrogen and oxygen atoms in total. The van der Waals surface area contributed by atoms with Gasteiger partial charge in [0.15, 0.2) is 0 Å². The largest absolute Gasteiger partial charge is 0.336 e. The molecule has 166 valence electrons. The number of aromatic nitrogens is 1. The minimum atomic E-state index is -0.425. The fraction of sp³-hybridized carbons (Fsp3) is 0.160. The van der Waals surface area contributed by atoms with Crippen LogP contribution in [0.5, 0.6) is 0 Å². The molecule has 0 spiro atoms. The summed E-state index contributed by atoms with van der Waals surface area (Å²) in [7, 11) is 0. The van der Waals surface area contributed by atoms with Crippen molar-refractivity contribution in [1.29, 1.82) is 0 Å². The van der Waals surface area contributed by atoms with Crippen molar-refractivity contribution in [3.63, 3.8) is 0 Å². The number of carbonyl (C=O) groups excluding carboxylic acids is 3. The number of thioether (sulfide) groups is 1. The van der Waals surface area contributed by atoms with Crippen LogP contribution in [0.4, 0.5) is 4.79 Å². The van der Waals surface area contributed by atoms with Gasteiger partial charge < -0.3 is 9.47 Å². The summed E-state index contributed by atoms with van der Waals surface area (Å²) in [5.41, 5.74) is 4.11. The van der Waals surface area contributed by atoms with Crippen LogP contribution in [-0.4, -0.2) is 44.5 Å². The molecule has 0 atom stereocenters. The second-order valence-corrected chi connectivity index (χ2v) is 10.1. The summed E-state index contributed by atoms with van der Waals surface area (Å²) >= 11 is 3.13. The monoisotopic (exact) mass is 569 g/mol. The van der Waals surface area contributed by atoms with Gasteiger partial charge in [-0.05, 0) is 94.4 Å². The molecule has 5 rings (SSSR count). The number of benzene rings is 2. The second kappa shape index (κ2) is 9.18. The van der Waals surface area contributed by atoms with Gasteiger partial charge in [-0.15, -0.1) is 0 Å². The second-order valence-electron chi connectivity index (χ2n) is 7.88. The van der Waals surface area contributed by atoms with Gasteiger partial charge in [0.1, 0.15) is 6.54 Å². The van der Waals surface area contributed by atoms with E-state index in [-0.39, 0.29) is 12.5 Å². The Kier molecular flexibility index (Phi) is 6.11. The number of fused-ring (bicyclic) bond motifs is 1. The van der Waals surface area contributed by atoms with Gasteiger partial charge in [0, 0.05) is 34.2 Å². The maximum atomic E-state index is 13.0. The number of carbonyl (C=O) groups is 3. The fourth-order valence-corrected chi connectivity index (χ4v) is 5.25. The summed E-state index contributed by atoms with van der Waals surface area (Å²) in [6.07, 6.45) is 4.40. The maximum absolute atomic E-state index is 13.0. The molecule has 2 aliphatic rings. The number of amides is 3. The highest BCUT2D eigenvalue weighted by molar-refractivity contribution is 14.1. The fourth-order valence-electron chi connectivity index (χ4n) is 4.06. The molecule has 0 unspecified atom stereocenters. The predicted octanol–water partition coefficient (Wildman–Crippen LogP) is 4.70. The lowest BCUT2D eigenvalue weighted by Gasteiger charge is -2.29. The zero-order valence-electron chi connectivity index (χ0n) is 17.6. The van der Waals surface area contributed by atoms with Crippen molar-refractivity contribution in [3.8, 4) is 5.69 Å². The van der Waals surface area contributed by atoms with E-state index in [1.165, 1.54) is 5.56 Å². The summed E-state index contributed by atoms with van der Waals surface area (Å²) in [6, 6.07) is 19.9. The Morgan fingerprint density at radius 3 is 2.55 bits per heavy atom. The van der Waals surface area contributed by atoms with E-state index >= 15 is 0 Å². The molecular weight excluding hydrogens is 549 g/mol. The quantitative estimate of drug-likeness (QED) is 0.338. The van der Waals surface area contributed by atoms with Gasteiger partial charge in [-0.2, -0.15) is 0 Å². The predicted molar refractivity (Wildman–Crippen MR) is 137 cm³/mol. The van der Waals surface area contributed by atoms with E-state index < -0.39 is 11.1 Å². The van der Waals surface area contributed by atoms with E-state index in [1.807, 2.05) is 65.4 Å². The lowest BCUT2D eigenvalue weighted by Crippen LogP contribution is -2.44. The van der Waals surface area contributed by atoms with Gasteiger partial charge in [-0.3, -0.25) is 19.3 Å². The number of halogens is 1. The van der Waals surface area contributed by atoms with E-state index in [4.69, 9.17) is 0 Å². The molecule has 1 fully saturated rings. The molecule has 2 aliphatic heterocycles. The minimum Gasteiger partial charge on any atom is -0.336 e. The lowest BCUT2D eigenvalue weighted by atomic mass is 10.00. The highest BCUT2D eigenvalue weighted by Gasteiger charge is 2.37. The van der Waals surface area contributed by atoms with Crippen molar-refractivity contribution in [2.45, 2.75) is 13.0 Å². The third-order valence-electron chi connectivity index (χ3n) is 5.81. The van der Waals surface area contributed by atoms with Gasteiger partial charge in [-0.1, -0.05) is 24.3 Å². The third kappa shape index (κ3) is 4.49. The Hall–Kier alpha value is -2.85. The molecule has 3 aromatic rings. The average Bonchev–Trinajstić information content (AvgIpc) is 3.39. The van der Waals surface area contributed by atoms with E-state index in [0.717, 1.165) is 43.6 Å². The molecule has 0 N–H and O–H groups in total. The van der Waals surface area contributed by atoms with Gasteiger partial charge >= 0.3 is 0 Å². The highest BCUT2D eigenvalue weighted by Crippen LogP contribution is 2.33. The molecule has 1 aromatic heterocycles. The van der Waals surface area contributed by atoms with Crippen molar-refractivity contribution >= 4 is 57.5 Å². The zero-order chi connectivity index (χ0) is 22.9. The number of rotatable bonds is 4. The third-order valence-corrected chi connectivity index (χ3v) is 7.44. The molecule has 0 radical (unpaired) electrons. The van der Waals surface area contributed by atoms with Crippen molar-refractivity contribution in [3.05, 3.63) is 92.2 Å². The van der Waals surface area contributed by atoms with E-state index in [2.05, 4.69) is 28.7 Å². The Balaban J connectivity index is 1.31. The van der Waals surface area contributed by atoms with E-state index in [9.17, 15) is 14.4 Å². The Labute approximate surface area is 209 Å². The highest BCUT2D eigenvalue weighted by atomic mass is 127. The standard InChI is InChI=1S/C25H20IN3O3S/c26-19-7-9-20(10-8-19)28-12-3-6-21(28)14-22-24(31)29(25(32)33-22)16-23(30)27-13-11-17-4-1-2-5-18(17)15-27/h1-10,12,14H,11,13,15-16H2/b22-14-. The van der Waals surface area contributed by atoms with Gasteiger partial charge in [0.05, 0.1) is 4.91 Å². The van der Waals surface area contributed by atoms with Crippen molar-refractivity contribution in [2.24, 2.45) is 0 Å². The molecule has 8 heteroatoms. The number of hydrogen-bond donors (Lipinski definition) is 0. The first-order chi connectivity index (χ1) is 16.0. The van der Waals surface area contributed by atoms with Crippen LogP contribution in [0.25, 0.3) is 11.8 Å². The maximum Gasteiger partial charge on any atom is 0.294 e. The first kappa shape index (κ1) is 22.0. The van der Waals surface area contributed by atoms with E-state index in [1.54, 1.807) is 11.0 Å². The molecule has 33 heavy (non-hydrogen) atoms. The summed E-state index contributed by atoms with van der Waals surface area (Å²) in [5.74, 6) is -0.638. The Morgan fingerprint density at radius 2 is 1.76 bits per heavy atom. The molecular formula is C25H20IN3O3S. The van der Waals surface area contributed by atoms with Crippen LogP contribution in [0, 0.1) is 3.57 Å². The Morgan fingerprint density at radius 1 is 1.00 bits per heavy atom. The molecule has 3 amide bonds. The van der Waals surface area contributed by atoms with E-state index in [0.29, 0.717) is 18.0 Å². The summed E-state index contributed by atoms with van der Waals surface area (Å²) < 4.78 is 3.09. The summed E-state index contributed by atoms with van der Waals surface area (Å²) in [4.78, 5) is 41.6. The van der Waals surface area contributed by atoms with Crippen molar-refractivity contribution in [2.75, 3.05) is 13.1 Å². The zero-order valence-corrected chi connectivity index (χ0v) is 20.6. The van der Waals surface area contributed by atoms with Crippen LogP contribution in [0.1, 0.15) is 16.8 Å².